The zero-order valence-electron chi connectivity index (χ0n) is 23.8. The maximum atomic E-state index is 2.52. The summed E-state index contributed by atoms with van der Waals surface area (Å²) in [6.07, 6.45) is 27.2. The molecule has 0 saturated heterocycles. The van der Waals surface area contributed by atoms with E-state index in [-0.39, 0.29) is 0 Å². The number of fused-ring (bicyclic) bond motifs is 2. The van der Waals surface area contributed by atoms with Gasteiger partial charge in [0.05, 0.1) is 0 Å². The number of allylic oxidation sites excluding steroid dienone is 12. The van der Waals surface area contributed by atoms with Crippen LogP contribution in [-0.2, 0) is 36.1 Å². The van der Waals surface area contributed by atoms with E-state index in [9.17, 15) is 0 Å². The molecule has 4 aliphatic rings. The molecule has 39 heavy (non-hydrogen) atoms. The van der Waals surface area contributed by atoms with E-state index in [0.717, 1.165) is 12.8 Å². The fourth-order valence-electron chi connectivity index (χ4n) is 7.24. The summed E-state index contributed by atoms with van der Waals surface area (Å²) in [6.45, 7) is 4.82. The monoisotopic (exact) mass is 588 g/mol. The molecule has 2 aromatic rings. The molecule has 1 heteroatoms. The quantitative estimate of drug-likeness (QED) is 0.231. The van der Waals surface area contributed by atoms with E-state index in [0.29, 0.717) is 11.8 Å². The van der Waals surface area contributed by atoms with Gasteiger partial charge in [-0.15, -0.1) is 0 Å². The summed E-state index contributed by atoms with van der Waals surface area (Å²) in [5.41, 5.74) is 12.7. The second-order valence-electron chi connectivity index (χ2n) is 11.7. The van der Waals surface area contributed by atoms with E-state index >= 15 is 0 Å². The van der Waals surface area contributed by atoms with Gasteiger partial charge in [-0.25, -0.2) is 0 Å². The summed E-state index contributed by atoms with van der Waals surface area (Å²) < 4.78 is 3.73. The van der Waals surface area contributed by atoms with Gasteiger partial charge in [-0.05, 0) is 0 Å². The Hall–Kier alpha value is -2.24. The fraction of sp³-hybridized carbons (Fsp3) is 0.368. The summed E-state index contributed by atoms with van der Waals surface area (Å²) >= 11 is -0.745. The Morgan fingerprint density at radius 2 is 1.08 bits per heavy atom. The van der Waals surface area contributed by atoms with Gasteiger partial charge in [-0.2, -0.15) is 0 Å². The zero-order chi connectivity index (χ0) is 26.6. The molecule has 0 nitrogen and oxygen atoms in total. The van der Waals surface area contributed by atoms with Gasteiger partial charge >= 0.3 is 249 Å². The fourth-order valence-corrected chi connectivity index (χ4v) is 11.3. The van der Waals surface area contributed by atoms with Gasteiger partial charge in [-0.1, -0.05) is 0 Å². The first-order chi connectivity index (χ1) is 19.2. The number of benzene rings is 2. The van der Waals surface area contributed by atoms with Crippen LogP contribution in [0.3, 0.4) is 0 Å². The molecule has 0 fully saturated rings. The van der Waals surface area contributed by atoms with E-state index < -0.39 is 23.2 Å². The molecule has 0 amide bonds. The zero-order valence-corrected chi connectivity index (χ0v) is 26.3. The summed E-state index contributed by atoms with van der Waals surface area (Å²) in [6, 6.07) is 18.0. The SMILES string of the molecule is CCC(CCC1=CCc2ccccc21)C1=[C]([Zr][C]2=C(C(CC)CCC3=CCc4ccccc43)C=CC2)CC=C1. The third-order valence-corrected chi connectivity index (χ3v) is 13.4. The van der Waals surface area contributed by atoms with Crippen LogP contribution in [0.2, 0.25) is 0 Å². The molecule has 0 heterocycles. The average molecular weight is 590 g/mol. The minimum absolute atomic E-state index is 0.711. The molecule has 4 aliphatic carbocycles. The van der Waals surface area contributed by atoms with Gasteiger partial charge in [0.1, 0.15) is 0 Å². The van der Waals surface area contributed by atoms with E-state index in [4.69, 9.17) is 0 Å². The molecule has 0 saturated carbocycles. The molecule has 0 N–H and O–H groups in total. The van der Waals surface area contributed by atoms with Crippen molar-refractivity contribution in [2.24, 2.45) is 11.8 Å². The molecule has 0 spiro atoms. The van der Waals surface area contributed by atoms with Crippen LogP contribution >= 0.6 is 0 Å². The van der Waals surface area contributed by atoms with Gasteiger partial charge in [0.15, 0.2) is 0 Å². The van der Waals surface area contributed by atoms with Crippen LogP contribution in [0.25, 0.3) is 11.1 Å². The molecular weight excluding hydrogens is 548 g/mol. The van der Waals surface area contributed by atoms with E-state index in [1.165, 1.54) is 73.6 Å². The average Bonchev–Trinajstić information content (AvgIpc) is 3.78. The second-order valence-corrected chi connectivity index (χ2v) is 15.3. The normalized spacial score (nSPS) is 18.9. The van der Waals surface area contributed by atoms with Crippen molar-refractivity contribution >= 4 is 11.1 Å². The van der Waals surface area contributed by atoms with Crippen molar-refractivity contribution in [3.8, 4) is 0 Å². The van der Waals surface area contributed by atoms with E-state index in [1.54, 1.807) is 22.3 Å². The molecule has 0 bridgehead atoms. The van der Waals surface area contributed by atoms with Crippen molar-refractivity contribution in [3.05, 3.63) is 125 Å². The van der Waals surface area contributed by atoms with Crippen molar-refractivity contribution < 1.29 is 23.2 Å². The topological polar surface area (TPSA) is 0 Å². The van der Waals surface area contributed by atoms with Gasteiger partial charge < -0.3 is 0 Å². The standard InChI is InChI=1S/2C19H21.Zr/c2*1-2-15(16-7-3-4-8-16)11-12-18-14-13-17-9-5-6-10-19(17)18;/h2*3,5-7,9-10,14-15H,2,4,11-13H2,1H3;. The van der Waals surface area contributed by atoms with Crippen LogP contribution in [0, 0.1) is 11.8 Å². The van der Waals surface area contributed by atoms with Crippen molar-refractivity contribution in [1.29, 1.82) is 0 Å². The van der Waals surface area contributed by atoms with Crippen LogP contribution in [0.5, 0.6) is 0 Å². The predicted octanol–water partition coefficient (Wildman–Crippen LogP) is 10.4. The summed E-state index contributed by atoms with van der Waals surface area (Å²) in [7, 11) is 0. The third-order valence-electron chi connectivity index (χ3n) is 9.49. The molecule has 0 radical (unpaired) electrons. The minimum atomic E-state index is -0.745. The Bertz CT molecular complexity index is 1300. The van der Waals surface area contributed by atoms with Gasteiger partial charge in [0.25, 0.3) is 0 Å². The van der Waals surface area contributed by atoms with Crippen molar-refractivity contribution in [2.45, 2.75) is 78.1 Å². The Morgan fingerprint density at radius 1 is 0.615 bits per heavy atom. The van der Waals surface area contributed by atoms with E-state index in [1.807, 2.05) is 6.56 Å². The Labute approximate surface area is 248 Å². The first kappa shape index (κ1) is 27.0. The summed E-state index contributed by atoms with van der Waals surface area (Å²) in [5, 5.41) is 0. The van der Waals surface area contributed by atoms with Crippen LogP contribution in [0.15, 0.2) is 103 Å². The first-order valence-corrected chi connectivity index (χ1v) is 17.8. The maximum absolute atomic E-state index is 2.52. The van der Waals surface area contributed by atoms with Gasteiger partial charge in [-0.3, -0.25) is 0 Å². The number of hydrogen-bond acceptors (Lipinski definition) is 0. The summed E-state index contributed by atoms with van der Waals surface area (Å²) in [4.78, 5) is 0. The van der Waals surface area contributed by atoms with Gasteiger partial charge in [0, 0.05) is 0 Å². The van der Waals surface area contributed by atoms with Crippen molar-refractivity contribution in [3.63, 3.8) is 0 Å². The molecule has 198 valence electrons. The molecule has 6 rings (SSSR count). The second kappa shape index (κ2) is 12.5. The molecule has 2 unspecified atom stereocenters. The summed E-state index contributed by atoms with van der Waals surface area (Å²) in [5.74, 6) is 1.42. The Kier molecular flexibility index (Phi) is 8.65. The van der Waals surface area contributed by atoms with Crippen LogP contribution in [0.1, 0.15) is 87.5 Å². The van der Waals surface area contributed by atoms with Crippen LogP contribution in [0.4, 0.5) is 0 Å². The molecule has 0 aromatic heterocycles. The predicted molar refractivity (Wildman–Crippen MR) is 164 cm³/mol. The first-order valence-electron chi connectivity index (χ1n) is 15.4. The molecular formula is C38H42Zr. The molecule has 2 aromatic carbocycles. The molecule has 0 aliphatic heterocycles. The van der Waals surface area contributed by atoms with Crippen LogP contribution in [-0.4, -0.2) is 0 Å². The van der Waals surface area contributed by atoms with Gasteiger partial charge in [0.2, 0.25) is 0 Å². The Morgan fingerprint density at radius 3 is 1.54 bits per heavy atom. The van der Waals surface area contributed by atoms with Crippen LogP contribution < -0.4 is 0 Å². The third kappa shape index (κ3) is 5.81. The van der Waals surface area contributed by atoms with E-state index in [2.05, 4.69) is 98.8 Å². The van der Waals surface area contributed by atoms with Crippen molar-refractivity contribution in [1.82, 2.24) is 0 Å². The van der Waals surface area contributed by atoms with Crippen molar-refractivity contribution in [2.75, 3.05) is 0 Å². The Balaban J connectivity index is 1.13. The number of hydrogen-bond donors (Lipinski definition) is 0. The molecule has 2 atom stereocenters. The number of rotatable bonds is 12.